The van der Waals surface area contributed by atoms with Gasteiger partial charge in [0, 0.05) is 32.4 Å². The molecule has 3 rings (SSSR count). The molecule has 1 amide bonds. The van der Waals surface area contributed by atoms with Crippen LogP contribution in [0.2, 0.25) is 0 Å². The molecular formula is C17H23F2NO3. The van der Waals surface area contributed by atoms with Crippen LogP contribution in [0.5, 0.6) is 0 Å². The Morgan fingerprint density at radius 3 is 2.96 bits per heavy atom. The zero-order valence-electron chi connectivity index (χ0n) is 13.4. The Morgan fingerprint density at radius 1 is 1.39 bits per heavy atom. The van der Waals surface area contributed by atoms with Gasteiger partial charge >= 0.3 is 0 Å². The number of carbonyl (C=O) groups is 1. The van der Waals surface area contributed by atoms with Crippen LogP contribution < -0.4 is 0 Å². The van der Waals surface area contributed by atoms with Crippen LogP contribution in [0, 0.1) is 5.92 Å². The monoisotopic (exact) mass is 327 g/mol. The molecule has 1 saturated heterocycles. The molecule has 1 aromatic heterocycles. The van der Waals surface area contributed by atoms with Gasteiger partial charge in [0.05, 0.1) is 6.04 Å². The van der Waals surface area contributed by atoms with Gasteiger partial charge in [-0.15, -0.1) is 0 Å². The highest BCUT2D eigenvalue weighted by molar-refractivity contribution is 5.79. The molecule has 1 saturated carbocycles. The summed E-state index contributed by atoms with van der Waals surface area (Å²) < 4.78 is 38.0. The highest BCUT2D eigenvalue weighted by Gasteiger charge is 2.43. The minimum absolute atomic E-state index is 0.0984. The molecule has 0 aromatic carbocycles. The first kappa shape index (κ1) is 16.4. The molecule has 128 valence electrons. The van der Waals surface area contributed by atoms with Crippen LogP contribution in [0.3, 0.4) is 0 Å². The largest absolute Gasteiger partial charge is 0.461 e. The van der Waals surface area contributed by atoms with Gasteiger partial charge in [0.1, 0.15) is 18.1 Å². The molecule has 4 nitrogen and oxygen atoms in total. The Bertz CT molecular complexity index is 558. The van der Waals surface area contributed by atoms with Crippen molar-refractivity contribution in [3.8, 4) is 0 Å². The van der Waals surface area contributed by atoms with Crippen molar-refractivity contribution in [1.29, 1.82) is 0 Å². The maximum Gasteiger partial charge on any atom is 0.248 e. The summed E-state index contributed by atoms with van der Waals surface area (Å²) in [7, 11) is 1.59. The lowest BCUT2D eigenvalue weighted by atomic mass is 9.85. The van der Waals surface area contributed by atoms with E-state index in [9.17, 15) is 13.6 Å². The molecule has 0 radical (unpaired) electrons. The van der Waals surface area contributed by atoms with E-state index in [0.29, 0.717) is 31.8 Å². The smallest absolute Gasteiger partial charge is 0.248 e. The maximum atomic E-state index is 13.6. The van der Waals surface area contributed by atoms with Gasteiger partial charge < -0.3 is 14.1 Å². The zero-order valence-corrected chi connectivity index (χ0v) is 13.4. The van der Waals surface area contributed by atoms with Crippen molar-refractivity contribution in [3.63, 3.8) is 0 Å². The van der Waals surface area contributed by atoms with Gasteiger partial charge in [0.2, 0.25) is 11.8 Å². The summed E-state index contributed by atoms with van der Waals surface area (Å²) in [6.45, 7) is 1.00. The Morgan fingerprint density at radius 2 is 2.22 bits per heavy atom. The van der Waals surface area contributed by atoms with Crippen LogP contribution >= 0.6 is 0 Å². The lowest BCUT2D eigenvalue weighted by Gasteiger charge is -2.32. The third kappa shape index (κ3) is 3.57. The number of alkyl halides is 2. The molecule has 6 heteroatoms. The second kappa shape index (κ2) is 6.59. The molecule has 1 aromatic rings. The van der Waals surface area contributed by atoms with Gasteiger partial charge in [-0.1, -0.05) is 0 Å². The number of carbonyl (C=O) groups excluding carboxylic acids is 1. The van der Waals surface area contributed by atoms with Gasteiger partial charge in [-0.2, -0.15) is 0 Å². The summed E-state index contributed by atoms with van der Waals surface area (Å²) >= 11 is 0. The van der Waals surface area contributed by atoms with Crippen molar-refractivity contribution >= 4 is 5.91 Å². The molecule has 0 spiro atoms. The average molecular weight is 327 g/mol. The molecule has 2 atom stereocenters. The Balaban J connectivity index is 1.71. The molecule has 0 bridgehead atoms. The molecule has 0 unspecified atom stereocenters. The third-order valence-corrected chi connectivity index (χ3v) is 4.82. The minimum atomic E-state index is -2.70. The van der Waals surface area contributed by atoms with Crippen LogP contribution in [-0.4, -0.2) is 30.4 Å². The predicted octanol–water partition coefficient (Wildman–Crippen LogP) is 3.92. The fraction of sp³-hybridized carbons (Fsp3) is 0.706. The highest BCUT2D eigenvalue weighted by atomic mass is 19.3. The summed E-state index contributed by atoms with van der Waals surface area (Å²) in [6, 6.07) is 3.57. The Kier molecular flexibility index (Phi) is 4.71. The van der Waals surface area contributed by atoms with Crippen molar-refractivity contribution < 1.29 is 22.7 Å². The summed E-state index contributed by atoms with van der Waals surface area (Å²) in [5.41, 5.74) is 0. The number of halogens is 2. The number of nitrogens with zero attached hydrogens (tertiary/aromatic N) is 1. The zero-order chi connectivity index (χ0) is 16.4. The topological polar surface area (TPSA) is 42.7 Å². The van der Waals surface area contributed by atoms with Gasteiger partial charge in [0.25, 0.3) is 0 Å². The van der Waals surface area contributed by atoms with Gasteiger partial charge in [0.15, 0.2) is 0 Å². The third-order valence-electron chi connectivity index (χ3n) is 4.82. The van der Waals surface area contributed by atoms with E-state index in [-0.39, 0.29) is 24.8 Å². The fourth-order valence-electron chi connectivity index (χ4n) is 3.74. The van der Waals surface area contributed by atoms with Gasteiger partial charge in [-0.25, -0.2) is 8.78 Å². The molecule has 2 aliphatic rings. The summed E-state index contributed by atoms with van der Waals surface area (Å²) in [6.07, 6.45) is 2.25. The predicted molar refractivity (Wildman–Crippen MR) is 80.0 cm³/mol. The van der Waals surface area contributed by atoms with Crippen molar-refractivity contribution in [3.05, 3.63) is 23.7 Å². The lowest BCUT2D eigenvalue weighted by molar-refractivity contribution is -0.144. The SMILES string of the molecule is COCc1ccc([C@@H]2CCCN2C(=O)[C@H]2CCCC(F)(F)C2)o1. The van der Waals surface area contributed by atoms with E-state index in [1.807, 2.05) is 12.1 Å². The number of furan rings is 1. The second-order valence-electron chi connectivity index (χ2n) is 6.58. The van der Waals surface area contributed by atoms with Crippen LogP contribution in [-0.2, 0) is 16.1 Å². The first-order chi connectivity index (χ1) is 11.0. The molecule has 1 aliphatic carbocycles. The van der Waals surface area contributed by atoms with E-state index in [1.54, 1.807) is 12.0 Å². The van der Waals surface area contributed by atoms with Crippen LogP contribution in [0.1, 0.15) is 56.1 Å². The lowest BCUT2D eigenvalue weighted by Crippen LogP contribution is -2.40. The molecule has 2 heterocycles. The number of ether oxygens (including phenoxy) is 1. The molecule has 2 fully saturated rings. The Labute approximate surface area is 134 Å². The summed E-state index contributed by atoms with van der Waals surface area (Å²) in [5.74, 6) is -1.97. The van der Waals surface area contributed by atoms with Gasteiger partial charge in [-0.3, -0.25) is 4.79 Å². The number of hydrogen-bond donors (Lipinski definition) is 0. The van der Waals surface area contributed by atoms with E-state index in [2.05, 4.69) is 0 Å². The van der Waals surface area contributed by atoms with E-state index in [0.717, 1.165) is 18.6 Å². The van der Waals surface area contributed by atoms with Crippen molar-refractivity contribution in [2.75, 3.05) is 13.7 Å². The fourth-order valence-corrected chi connectivity index (χ4v) is 3.74. The van der Waals surface area contributed by atoms with E-state index >= 15 is 0 Å². The highest BCUT2D eigenvalue weighted by Crippen LogP contribution is 2.40. The van der Waals surface area contributed by atoms with Crippen molar-refractivity contribution in [2.45, 2.75) is 57.1 Å². The quantitative estimate of drug-likeness (QED) is 0.842. The number of hydrogen-bond acceptors (Lipinski definition) is 3. The maximum absolute atomic E-state index is 13.6. The van der Waals surface area contributed by atoms with E-state index < -0.39 is 11.8 Å². The number of methoxy groups -OCH3 is 1. The minimum Gasteiger partial charge on any atom is -0.461 e. The van der Waals surface area contributed by atoms with E-state index in [1.165, 1.54) is 0 Å². The van der Waals surface area contributed by atoms with Crippen LogP contribution in [0.4, 0.5) is 8.78 Å². The van der Waals surface area contributed by atoms with Gasteiger partial charge in [-0.05, 0) is 37.8 Å². The Hall–Kier alpha value is -1.43. The molecule has 23 heavy (non-hydrogen) atoms. The summed E-state index contributed by atoms with van der Waals surface area (Å²) in [5, 5.41) is 0. The normalized spacial score (nSPS) is 27.3. The molecule has 1 aliphatic heterocycles. The molecule has 0 N–H and O–H groups in total. The second-order valence-corrected chi connectivity index (χ2v) is 6.58. The first-order valence-corrected chi connectivity index (χ1v) is 8.26. The average Bonchev–Trinajstić information content (AvgIpc) is 3.14. The van der Waals surface area contributed by atoms with Crippen molar-refractivity contribution in [2.24, 2.45) is 5.92 Å². The number of amides is 1. The van der Waals surface area contributed by atoms with Crippen LogP contribution in [0.25, 0.3) is 0 Å². The first-order valence-electron chi connectivity index (χ1n) is 8.26. The molecular weight excluding hydrogens is 304 g/mol. The van der Waals surface area contributed by atoms with E-state index in [4.69, 9.17) is 9.15 Å². The summed E-state index contributed by atoms with van der Waals surface area (Å²) in [4.78, 5) is 14.5. The van der Waals surface area contributed by atoms with Crippen LogP contribution in [0.15, 0.2) is 16.5 Å². The van der Waals surface area contributed by atoms with Crippen molar-refractivity contribution in [1.82, 2.24) is 4.90 Å². The number of likely N-dealkylation sites (tertiary alicyclic amines) is 1. The standard InChI is InChI=1S/C17H23F2NO3/c1-22-11-13-6-7-15(23-13)14-5-3-9-20(14)16(21)12-4-2-8-17(18,19)10-12/h6-7,12,14H,2-5,8-11H2,1H3/t12-,14-/m0/s1. The number of rotatable bonds is 4.